The fourth-order valence-corrected chi connectivity index (χ4v) is 2.09. The number of aryl methyl sites for hydroxylation is 2. The minimum Gasteiger partial charge on any atom is -0.384 e. The van der Waals surface area contributed by atoms with Crippen molar-refractivity contribution in [3.8, 4) is 11.3 Å². The number of hydrogen-bond donors (Lipinski definition) is 1. The van der Waals surface area contributed by atoms with Crippen molar-refractivity contribution in [2.45, 2.75) is 33.7 Å². The molecule has 2 heterocycles. The summed E-state index contributed by atoms with van der Waals surface area (Å²) in [5.74, 6) is 0.546. The minimum absolute atomic E-state index is 0.546. The van der Waals surface area contributed by atoms with E-state index in [9.17, 15) is 0 Å². The maximum Gasteiger partial charge on any atom is 0.124 e. The Kier molecular flexibility index (Phi) is 3.13. The zero-order chi connectivity index (χ0) is 12.4. The first-order valence-electron chi connectivity index (χ1n) is 5.90. The van der Waals surface area contributed by atoms with Gasteiger partial charge in [0.2, 0.25) is 0 Å². The third kappa shape index (κ3) is 2.16. The molecule has 0 radical (unpaired) electrons. The molecule has 0 aliphatic rings. The Morgan fingerprint density at radius 2 is 2.06 bits per heavy atom. The second-order valence-corrected chi connectivity index (χ2v) is 4.22. The summed E-state index contributed by atoms with van der Waals surface area (Å²) >= 11 is 0. The van der Waals surface area contributed by atoms with E-state index < -0.39 is 0 Å². The number of nitrogens with two attached hydrogens (primary N) is 1. The molecule has 0 aliphatic heterocycles. The first-order valence-corrected chi connectivity index (χ1v) is 5.90. The molecule has 0 aliphatic carbocycles. The van der Waals surface area contributed by atoms with Gasteiger partial charge in [0.25, 0.3) is 0 Å². The fourth-order valence-electron chi connectivity index (χ4n) is 2.09. The molecule has 0 unspecified atom stereocenters. The van der Waals surface area contributed by atoms with Crippen molar-refractivity contribution in [2.75, 3.05) is 5.73 Å². The van der Waals surface area contributed by atoms with E-state index in [2.05, 4.69) is 23.9 Å². The molecule has 4 nitrogen and oxygen atoms in total. The van der Waals surface area contributed by atoms with Gasteiger partial charge in [0.05, 0.1) is 11.4 Å². The molecule has 0 saturated heterocycles. The maximum atomic E-state index is 5.72. The molecule has 2 aromatic heterocycles. The molecular weight excluding hydrogens is 212 g/mol. The quantitative estimate of drug-likeness (QED) is 0.881. The van der Waals surface area contributed by atoms with Crippen LogP contribution in [0.2, 0.25) is 0 Å². The molecule has 0 fully saturated rings. The second kappa shape index (κ2) is 4.57. The fraction of sp³-hybridized carbons (Fsp3) is 0.385. The van der Waals surface area contributed by atoms with Crippen molar-refractivity contribution < 1.29 is 0 Å². The highest BCUT2D eigenvalue weighted by atomic mass is 15.3. The number of aromatic nitrogens is 3. The Labute approximate surface area is 101 Å². The lowest BCUT2D eigenvalue weighted by atomic mass is 10.1. The Morgan fingerprint density at radius 1 is 1.29 bits per heavy atom. The zero-order valence-electron chi connectivity index (χ0n) is 10.6. The van der Waals surface area contributed by atoms with Crippen molar-refractivity contribution in [3.63, 3.8) is 0 Å². The smallest absolute Gasteiger partial charge is 0.124 e. The van der Waals surface area contributed by atoms with Crippen molar-refractivity contribution in [1.82, 2.24) is 14.8 Å². The van der Waals surface area contributed by atoms with Gasteiger partial charge in [-0.2, -0.15) is 5.10 Å². The summed E-state index contributed by atoms with van der Waals surface area (Å²) < 4.78 is 2.04. The molecule has 0 saturated carbocycles. The average Bonchev–Trinajstić information content (AvgIpc) is 2.55. The van der Waals surface area contributed by atoms with Crippen LogP contribution in [0.5, 0.6) is 0 Å². The van der Waals surface area contributed by atoms with Gasteiger partial charge in [-0.3, -0.25) is 4.68 Å². The Bertz CT molecular complexity index is 528. The zero-order valence-corrected chi connectivity index (χ0v) is 10.6. The number of rotatable bonds is 3. The third-order valence-corrected chi connectivity index (χ3v) is 2.84. The Morgan fingerprint density at radius 3 is 2.71 bits per heavy atom. The van der Waals surface area contributed by atoms with Crippen molar-refractivity contribution in [3.05, 3.63) is 29.6 Å². The van der Waals surface area contributed by atoms with Crippen LogP contribution < -0.4 is 5.73 Å². The summed E-state index contributed by atoms with van der Waals surface area (Å²) in [5, 5.41) is 4.54. The van der Waals surface area contributed by atoms with Crippen molar-refractivity contribution >= 4 is 5.82 Å². The first-order chi connectivity index (χ1) is 8.13. The van der Waals surface area contributed by atoms with Gasteiger partial charge >= 0.3 is 0 Å². The van der Waals surface area contributed by atoms with Gasteiger partial charge in [0, 0.05) is 17.8 Å². The van der Waals surface area contributed by atoms with Crippen LogP contribution in [-0.2, 0) is 6.54 Å². The van der Waals surface area contributed by atoms with E-state index in [0.717, 1.165) is 35.6 Å². The van der Waals surface area contributed by atoms with Gasteiger partial charge in [-0.25, -0.2) is 4.98 Å². The molecule has 0 atom stereocenters. The van der Waals surface area contributed by atoms with Crippen LogP contribution in [0.15, 0.2) is 18.2 Å². The highest BCUT2D eigenvalue weighted by Crippen LogP contribution is 2.25. The summed E-state index contributed by atoms with van der Waals surface area (Å²) in [4.78, 5) is 4.36. The van der Waals surface area contributed by atoms with Gasteiger partial charge in [-0.15, -0.1) is 0 Å². The normalized spacial score (nSPS) is 10.8. The number of hydrogen-bond acceptors (Lipinski definition) is 3. The largest absolute Gasteiger partial charge is 0.384 e. The lowest BCUT2D eigenvalue weighted by Gasteiger charge is -2.04. The van der Waals surface area contributed by atoms with Crippen molar-refractivity contribution in [2.24, 2.45) is 0 Å². The van der Waals surface area contributed by atoms with Gasteiger partial charge in [-0.05, 0) is 32.4 Å². The standard InChI is InChI=1S/C13H18N4/c1-4-8-17-10(3)13(9(2)16-17)11-6-5-7-12(14)15-11/h5-7H,4,8H2,1-3H3,(H2,14,15). The first kappa shape index (κ1) is 11.6. The van der Waals surface area contributed by atoms with Crippen LogP contribution in [0, 0.1) is 13.8 Å². The van der Waals surface area contributed by atoms with E-state index in [1.165, 1.54) is 0 Å². The van der Waals surface area contributed by atoms with Gasteiger partial charge in [0.1, 0.15) is 5.82 Å². The highest BCUT2D eigenvalue weighted by molar-refractivity contribution is 5.66. The summed E-state index contributed by atoms with van der Waals surface area (Å²) in [5.41, 5.74) is 9.89. The summed E-state index contributed by atoms with van der Waals surface area (Å²) in [6.45, 7) is 7.18. The molecule has 0 amide bonds. The molecule has 17 heavy (non-hydrogen) atoms. The number of nitrogens with zero attached hydrogens (tertiary/aromatic N) is 3. The predicted molar refractivity (Wildman–Crippen MR) is 69.6 cm³/mol. The Balaban J connectivity index is 2.52. The lowest BCUT2D eigenvalue weighted by molar-refractivity contribution is 0.583. The molecule has 0 bridgehead atoms. The Hall–Kier alpha value is -1.84. The van der Waals surface area contributed by atoms with E-state index in [4.69, 9.17) is 5.73 Å². The van der Waals surface area contributed by atoms with Crippen LogP contribution >= 0.6 is 0 Å². The molecular formula is C13H18N4. The third-order valence-electron chi connectivity index (χ3n) is 2.84. The number of nitrogen functional groups attached to an aromatic ring is 1. The van der Waals surface area contributed by atoms with Gasteiger partial charge < -0.3 is 5.73 Å². The molecule has 0 aromatic carbocycles. The van der Waals surface area contributed by atoms with Crippen molar-refractivity contribution in [1.29, 1.82) is 0 Å². The number of anilines is 1. The SMILES string of the molecule is CCCn1nc(C)c(-c2cccc(N)n2)c1C. The lowest BCUT2D eigenvalue weighted by Crippen LogP contribution is -2.01. The van der Waals surface area contributed by atoms with E-state index in [0.29, 0.717) is 5.82 Å². The minimum atomic E-state index is 0.546. The molecule has 2 rings (SSSR count). The van der Waals surface area contributed by atoms with Crippen LogP contribution in [0.4, 0.5) is 5.82 Å². The van der Waals surface area contributed by atoms with Gasteiger partial charge in [-0.1, -0.05) is 13.0 Å². The summed E-state index contributed by atoms with van der Waals surface area (Å²) in [6.07, 6.45) is 1.08. The monoisotopic (exact) mass is 230 g/mol. The van der Waals surface area contributed by atoms with E-state index in [-0.39, 0.29) is 0 Å². The van der Waals surface area contributed by atoms with Crippen LogP contribution in [0.3, 0.4) is 0 Å². The van der Waals surface area contributed by atoms with E-state index in [1.54, 1.807) is 6.07 Å². The second-order valence-electron chi connectivity index (χ2n) is 4.22. The summed E-state index contributed by atoms with van der Waals surface area (Å²) in [6, 6.07) is 5.70. The molecule has 2 aromatic rings. The molecule has 0 spiro atoms. The van der Waals surface area contributed by atoms with Crippen LogP contribution in [-0.4, -0.2) is 14.8 Å². The van der Waals surface area contributed by atoms with Crippen LogP contribution in [0.1, 0.15) is 24.7 Å². The van der Waals surface area contributed by atoms with Crippen LogP contribution in [0.25, 0.3) is 11.3 Å². The average molecular weight is 230 g/mol. The summed E-state index contributed by atoms with van der Waals surface area (Å²) in [7, 11) is 0. The van der Waals surface area contributed by atoms with E-state index >= 15 is 0 Å². The predicted octanol–water partition coefficient (Wildman–Crippen LogP) is 2.55. The number of pyridine rings is 1. The molecule has 4 heteroatoms. The molecule has 2 N–H and O–H groups in total. The topological polar surface area (TPSA) is 56.7 Å². The maximum absolute atomic E-state index is 5.72. The highest BCUT2D eigenvalue weighted by Gasteiger charge is 2.13. The molecule has 90 valence electrons. The van der Waals surface area contributed by atoms with E-state index in [1.807, 2.05) is 23.7 Å². The van der Waals surface area contributed by atoms with Gasteiger partial charge in [0.15, 0.2) is 0 Å².